The van der Waals surface area contributed by atoms with Crippen LogP contribution in [-0.4, -0.2) is 86.7 Å². The van der Waals surface area contributed by atoms with E-state index in [4.69, 9.17) is 18.9 Å². The van der Waals surface area contributed by atoms with E-state index in [0.29, 0.717) is 44.1 Å². The van der Waals surface area contributed by atoms with Crippen LogP contribution in [0.5, 0.6) is 11.5 Å². The predicted molar refractivity (Wildman–Crippen MR) is 105 cm³/mol. The minimum atomic E-state index is -0.716. The second-order valence-corrected chi connectivity index (χ2v) is 6.44. The summed E-state index contributed by atoms with van der Waals surface area (Å²) in [5.41, 5.74) is 0.454. The summed E-state index contributed by atoms with van der Waals surface area (Å²) in [5.74, 6) is -0.603. The third kappa shape index (κ3) is 6.36. The Morgan fingerprint density at radius 2 is 1.60 bits per heavy atom. The summed E-state index contributed by atoms with van der Waals surface area (Å²) < 4.78 is 20.4. The second-order valence-electron chi connectivity index (χ2n) is 6.44. The summed E-state index contributed by atoms with van der Waals surface area (Å²) in [6.07, 6.45) is -0.403. The second kappa shape index (κ2) is 11.0. The van der Waals surface area contributed by atoms with Crippen molar-refractivity contribution in [1.29, 1.82) is 0 Å². The lowest BCUT2D eigenvalue weighted by Crippen LogP contribution is -2.51. The van der Waals surface area contributed by atoms with Crippen LogP contribution in [0.1, 0.15) is 24.2 Å². The number of methoxy groups -OCH3 is 1. The normalized spacial score (nSPS) is 13.4. The molecule has 0 spiro atoms. The highest BCUT2D eigenvalue weighted by atomic mass is 16.6. The van der Waals surface area contributed by atoms with Gasteiger partial charge in [-0.3, -0.25) is 9.59 Å². The van der Waals surface area contributed by atoms with Crippen molar-refractivity contribution in [1.82, 2.24) is 9.80 Å². The Morgan fingerprint density at radius 1 is 0.933 bits per heavy atom. The van der Waals surface area contributed by atoms with Crippen molar-refractivity contribution in [2.24, 2.45) is 0 Å². The Hall–Kier alpha value is -3.30. The number of piperazine rings is 1. The number of carbonyl (C=O) groups excluding carboxylic acids is 4. The number of hydrogen-bond acceptors (Lipinski definition) is 8. The van der Waals surface area contributed by atoms with Crippen LogP contribution in [-0.2, 0) is 19.1 Å². The van der Waals surface area contributed by atoms with Crippen LogP contribution in [0, 0.1) is 0 Å². The lowest BCUT2D eigenvalue weighted by Gasteiger charge is -2.33. The molecule has 0 N–H and O–H groups in total. The summed E-state index contributed by atoms with van der Waals surface area (Å²) in [6.45, 7) is 4.02. The first-order valence-electron chi connectivity index (χ1n) is 9.52. The van der Waals surface area contributed by atoms with Gasteiger partial charge in [0.2, 0.25) is 0 Å². The molecule has 1 aliphatic heterocycles. The molecule has 1 heterocycles. The van der Waals surface area contributed by atoms with Crippen LogP contribution in [0.2, 0.25) is 0 Å². The summed E-state index contributed by atoms with van der Waals surface area (Å²) in [4.78, 5) is 50.2. The third-order valence-electron chi connectivity index (χ3n) is 4.43. The molecule has 0 atom stereocenters. The van der Waals surface area contributed by atoms with Gasteiger partial charge < -0.3 is 28.7 Å². The molecule has 1 saturated heterocycles. The van der Waals surface area contributed by atoms with Crippen molar-refractivity contribution in [2.45, 2.75) is 13.8 Å². The van der Waals surface area contributed by atoms with Crippen molar-refractivity contribution in [3.8, 4) is 11.5 Å². The molecule has 30 heavy (non-hydrogen) atoms. The number of esters is 1. The van der Waals surface area contributed by atoms with E-state index < -0.39 is 25.3 Å². The predicted octanol–water partition coefficient (Wildman–Crippen LogP) is 1.12. The zero-order chi connectivity index (χ0) is 22.1. The van der Waals surface area contributed by atoms with Crippen LogP contribution in [0.25, 0.3) is 0 Å². The number of amides is 2. The van der Waals surface area contributed by atoms with Gasteiger partial charge in [0.15, 0.2) is 30.5 Å². The Labute approximate surface area is 174 Å². The number of ether oxygens (including phenoxy) is 4. The van der Waals surface area contributed by atoms with E-state index in [2.05, 4.69) is 0 Å². The molecule has 0 radical (unpaired) electrons. The van der Waals surface area contributed by atoms with E-state index in [1.54, 1.807) is 13.0 Å². The molecule has 2 rings (SSSR count). The fraction of sp³-hybridized carbons (Fsp3) is 0.500. The van der Waals surface area contributed by atoms with Crippen molar-refractivity contribution < 1.29 is 38.1 Å². The van der Waals surface area contributed by atoms with Gasteiger partial charge in [0.05, 0.1) is 13.7 Å². The minimum Gasteiger partial charge on any atom is -0.493 e. The molecule has 1 aliphatic rings. The largest absolute Gasteiger partial charge is 0.493 e. The molecule has 1 aromatic rings. The monoisotopic (exact) mass is 422 g/mol. The third-order valence-corrected chi connectivity index (χ3v) is 4.43. The molecule has 1 aromatic carbocycles. The zero-order valence-electron chi connectivity index (χ0n) is 17.3. The smallest absolute Gasteiger partial charge is 0.409 e. The maximum atomic E-state index is 12.2. The van der Waals surface area contributed by atoms with Crippen molar-refractivity contribution in [3.05, 3.63) is 23.8 Å². The van der Waals surface area contributed by atoms with Crippen LogP contribution in [0.4, 0.5) is 4.79 Å². The van der Waals surface area contributed by atoms with E-state index in [-0.39, 0.29) is 17.4 Å². The van der Waals surface area contributed by atoms with Gasteiger partial charge in [0.1, 0.15) is 0 Å². The van der Waals surface area contributed by atoms with Crippen molar-refractivity contribution >= 4 is 23.8 Å². The fourth-order valence-corrected chi connectivity index (χ4v) is 2.77. The quantitative estimate of drug-likeness (QED) is 0.453. The number of Topliss-reactive ketones (excluding diaryl/α,β-unsaturated/α-hetero) is 1. The molecule has 0 saturated carbocycles. The van der Waals surface area contributed by atoms with E-state index in [1.165, 1.54) is 36.0 Å². The highest BCUT2D eigenvalue weighted by Gasteiger charge is 2.25. The maximum absolute atomic E-state index is 12.2. The Kier molecular flexibility index (Phi) is 8.45. The van der Waals surface area contributed by atoms with Gasteiger partial charge in [-0.15, -0.1) is 0 Å². The van der Waals surface area contributed by atoms with Crippen molar-refractivity contribution in [3.63, 3.8) is 0 Å². The van der Waals surface area contributed by atoms with Gasteiger partial charge in [-0.05, 0) is 32.0 Å². The SMILES string of the molecule is CCOC(=O)N1CCN(C(=O)COC(=O)COc2ccc(C(C)=O)cc2OC)CC1. The molecular weight excluding hydrogens is 396 g/mol. The lowest BCUT2D eigenvalue weighted by molar-refractivity contribution is -0.154. The molecule has 164 valence electrons. The van der Waals surface area contributed by atoms with E-state index in [0.717, 1.165) is 0 Å². The van der Waals surface area contributed by atoms with Gasteiger partial charge in [-0.2, -0.15) is 0 Å². The Morgan fingerprint density at radius 3 is 2.20 bits per heavy atom. The first-order valence-corrected chi connectivity index (χ1v) is 9.52. The number of nitrogens with zero attached hydrogens (tertiary/aromatic N) is 2. The average Bonchev–Trinajstić information content (AvgIpc) is 2.76. The number of benzene rings is 1. The molecule has 10 nitrogen and oxygen atoms in total. The van der Waals surface area contributed by atoms with Crippen LogP contribution in [0.15, 0.2) is 18.2 Å². The first-order chi connectivity index (χ1) is 14.3. The Balaban J connectivity index is 1.75. The number of ketones is 1. The molecule has 0 bridgehead atoms. The fourth-order valence-electron chi connectivity index (χ4n) is 2.77. The van der Waals surface area contributed by atoms with Gasteiger partial charge in [0, 0.05) is 31.7 Å². The molecule has 0 aromatic heterocycles. The van der Waals surface area contributed by atoms with E-state index >= 15 is 0 Å². The highest BCUT2D eigenvalue weighted by molar-refractivity contribution is 5.94. The van der Waals surface area contributed by atoms with Crippen LogP contribution < -0.4 is 9.47 Å². The Bertz CT molecular complexity index is 787. The van der Waals surface area contributed by atoms with Gasteiger partial charge >= 0.3 is 12.1 Å². The standard InChI is InChI=1S/C20H26N2O8/c1-4-28-20(26)22-9-7-21(8-10-22)18(24)12-30-19(25)13-29-16-6-5-15(14(2)23)11-17(16)27-3/h5-6,11H,4,7-10,12-13H2,1-3H3. The zero-order valence-corrected chi connectivity index (χ0v) is 17.3. The highest BCUT2D eigenvalue weighted by Crippen LogP contribution is 2.28. The van der Waals surface area contributed by atoms with Crippen molar-refractivity contribution in [2.75, 3.05) is 53.1 Å². The van der Waals surface area contributed by atoms with Crippen LogP contribution in [0.3, 0.4) is 0 Å². The number of rotatable bonds is 8. The van der Waals surface area contributed by atoms with Gasteiger partial charge in [-0.25, -0.2) is 9.59 Å². The molecule has 0 unspecified atom stereocenters. The number of hydrogen-bond donors (Lipinski definition) is 0. The van der Waals surface area contributed by atoms with Gasteiger partial charge in [-0.1, -0.05) is 0 Å². The average molecular weight is 422 g/mol. The molecular formula is C20H26N2O8. The topological polar surface area (TPSA) is 112 Å². The van der Waals surface area contributed by atoms with Crippen LogP contribution >= 0.6 is 0 Å². The molecule has 2 amide bonds. The molecule has 10 heteroatoms. The van der Waals surface area contributed by atoms with E-state index in [1.807, 2.05) is 0 Å². The number of carbonyl (C=O) groups is 4. The summed E-state index contributed by atoms with van der Waals surface area (Å²) >= 11 is 0. The summed E-state index contributed by atoms with van der Waals surface area (Å²) in [6, 6.07) is 4.60. The van der Waals surface area contributed by atoms with Gasteiger partial charge in [0.25, 0.3) is 5.91 Å². The minimum absolute atomic E-state index is 0.124. The van der Waals surface area contributed by atoms with E-state index in [9.17, 15) is 19.2 Å². The molecule has 0 aliphatic carbocycles. The first kappa shape index (κ1) is 23.0. The lowest BCUT2D eigenvalue weighted by atomic mass is 10.1. The molecule has 1 fully saturated rings. The maximum Gasteiger partial charge on any atom is 0.409 e. The summed E-state index contributed by atoms with van der Waals surface area (Å²) in [5, 5.41) is 0. The summed E-state index contributed by atoms with van der Waals surface area (Å²) in [7, 11) is 1.42.